The maximum atomic E-state index is 10.4. The quantitative estimate of drug-likeness (QED) is 0.625. The van der Waals surface area contributed by atoms with Crippen molar-refractivity contribution < 1.29 is 10.2 Å². The lowest BCUT2D eigenvalue weighted by atomic mass is 9.92. The molecule has 0 saturated carbocycles. The van der Waals surface area contributed by atoms with Crippen LogP contribution in [-0.2, 0) is 0 Å². The highest BCUT2D eigenvalue weighted by Gasteiger charge is 2.14. The van der Waals surface area contributed by atoms with Gasteiger partial charge < -0.3 is 10.2 Å². The standard InChI is InChI=1S/C17H16O2/c1-10(2)16-14-9-11-5-3-4-6-12(11)17(19)13(14)7-8-15(16)18/h3-10,18-19H,1-2H3. The van der Waals surface area contributed by atoms with Crippen molar-refractivity contribution in [3.05, 3.63) is 48.0 Å². The fourth-order valence-corrected chi connectivity index (χ4v) is 2.73. The molecule has 0 heterocycles. The molecular formula is C17H16O2. The molecule has 0 fully saturated rings. The van der Waals surface area contributed by atoms with Crippen LogP contribution < -0.4 is 0 Å². The molecule has 3 aromatic carbocycles. The van der Waals surface area contributed by atoms with Gasteiger partial charge in [0.1, 0.15) is 11.5 Å². The minimum atomic E-state index is 0.198. The van der Waals surface area contributed by atoms with Crippen LogP contribution in [0.3, 0.4) is 0 Å². The van der Waals surface area contributed by atoms with E-state index in [4.69, 9.17) is 0 Å². The van der Waals surface area contributed by atoms with E-state index in [-0.39, 0.29) is 17.4 Å². The van der Waals surface area contributed by atoms with E-state index in [1.165, 1.54) is 0 Å². The van der Waals surface area contributed by atoms with Gasteiger partial charge in [0.2, 0.25) is 0 Å². The van der Waals surface area contributed by atoms with Gasteiger partial charge in [0.05, 0.1) is 0 Å². The molecule has 0 bridgehead atoms. The van der Waals surface area contributed by atoms with Gasteiger partial charge in [-0.05, 0) is 34.9 Å². The van der Waals surface area contributed by atoms with Gasteiger partial charge in [-0.1, -0.05) is 38.1 Å². The first-order valence-electron chi connectivity index (χ1n) is 6.46. The summed E-state index contributed by atoms with van der Waals surface area (Å²) in [4.78, 5) is 0. The Morgan fingerprint density at radius 3 is 2.32 bits per heavy atom. The van der Waals surface area contributed by atoms with Crippen molar-refractivity contribution in [2.45, 2.75) is 19.8 Å². The smallest absolute Gasteiger partial charge is 0.131 e. The van der Waals surface area contributed by atoms with Crippen LogP contribution in [0.15, 0.2) is 42.5 Å². The Hall–Kier alpha value is -2.22. The van der Waals surface area contributed by atoms with Crippen LogP contribution in [0.5, 0.6) is 11.5 Å². The largest absolute Gasteiger partial charge is 0.508 e. The summed E-state index contributed by atoms with van der Waals surface area (Å²) in [6.07, 6.45) is 0. The van der Waals surface area contributed by atoms with E-state index in [2.05, 4.69) is 0 Å². The zero-order valence-corrected chi connectivity index (χ0v) is 11.0. The minimum absolute atomic E-state index is 0.198. The zero-order chi connectivity index (χ0) is 13.6. The van der Waals surface area contributed by atoms with Crippen LogP contribution in [0.1, 0.15) is 25.3 Å². The molecule has 0 spiro atoms. The Bertz CT molecular complexity index is 773. The van der Waals surface area contributed by atoms with E-state index >= 15 is 0 Å². The molecule has 0 aromatic heterocycles. The molecule has 0 aliphatic heterocycles. The average Bonchev–Trinajstić information content (AvgIpc) is 2.38. The van der Waals surface area contributed by atoms with Crippen molar-refractivity contribution in [1.82, 2.24) is 0 Å². The number of fused-ring (bicyclic) bond motifs is 2. The summed E-state index contributed by atoms with van der Waals surface area (Å²) in [5.41, 5.74) is 0.888. The Morgan fingerprint density at radius 2 is 1.58 bits per heavy atom. The maximum absolute atomic E-state index is 10.4. The number of hydrogen-bond donors (Lipinski definition) is 2. The second-order valence-corrected chi connectivity index (χ2v) is 5.19. The minimum Gasteiger partial charge on any atom is -0.508 e. The van der Waals surface area contributed by atoms with E-state index in [1.54, 1.807) is 12.1 Å². The third-order valence-corrected chi connectivity index (χ3v) is 3.61. The monoisotopic (exact) mass is 252 g/mol. The molecule has 3 aromatic rings. The number of phenolic OH excluding ortho intramolecular Hbond substituents is 2. The fourth-order valence-electron chi connectivity index (χ4n) is 2.73. The van der Waals surface area contributed by atoms with Gasteiger partial charge in [-0.25, -0.2) is 0 Å². The molecule has 0 aliphatic rings. The molecule has 96 valence electrons. The SMILES string of the molecule is CC(C)c1c(O)ccc2c(O)c3ccccc3cc12. The molecule has 2 N–H and O–H groups in total. The number of hydrogen-bond acceptors (Lipinski definition) is 2. The van der Waals surface area contributed by atoms with Gasteiger partial charge >= 0.3 is 0 Å². The van der Waals surface area contributed by atoms with Crippen LogP contribution >= 0.6 is 0 Å². The topological polar surface area (TPSA) is 40.5 Å². The van der Waals surface area contributed by atoms with Crippen LogP contribution in [0.4, 0.5) is 0 Å². The van der Waals surface area contributed by atoms with Crippen LogP contribution in [0, 0.1) is 0 Å². The van der Waals surface area contributed by atoms with E-state index in [1.807, 2.05) is 44.2 Å². The molecule has 0 aliphatic carbocycles. The molecule has 2 heteroatoms. The van der Waals surface area contributed by atoms with Crippen molar-refractivity contribution in [1.29, 1.82) is 0 Å². The number of rotatable bonds is 1. The van der Waals surface area contributed by atoms with Gasteiger partial charge in [-0.3, -0.25) is 0 Å². The summed E-state index contributed by atoms with van der Waals surface area (Å²) in [7, 11) is 0. The lowest BCUT2D eigenvalue weighted by Gasteiger charge is -2.14. The highest BCUT2D eigenvalue weighted by molar-refractivity contribution is 6.06. The number of aromatic hydroxyl groups is 2. The van der Waals surface area contributed by atoms with Crippen molar-refractivity contribution in [3.8, 4) is 11.5 Å². The van der Waals surface area contributed by atoms with Gasteiger partial charge in [0, 0.05) is 16.3 Å². The highest BCUT2D eigenvalue weighted by atomic mass is 16.3. The van der Waals surface area contributed by atoms with Crippen LogP contribution in [0.2, 0.25) is 0 Å². The van der Waals surface area contributed by atoms with E-state index in [0.717, 1.165) is 27.1 Å². The Morgan fingerprint density at radius 1 is 0.842 bits per heavy atom. The number of benzene rings is 3. The Balaban J connectivity index is 2.54. The molecule has 3 rings (SSSR count). The van der Waals surface area contributed by atoms with Crippen molar-refractivity contribution in [3.63, 3.8) is 0 Å². The lowest BCUT2D eigenvalue weighted by molar-refractivity contribution is 0.466. The first-order chi connectivity index (χ1) is 9.09. The third kappa shape index (κ3) is 1.72. The summed E-state index contributed by atoms with van der Waals surface area (Å²) < 4.78 is 0. The number of phenols is 2. The molecule has 2 nitrogen and oxygen atoms in total. The maximum Gasteiger partial charge on any atom is 0.131 e. The van der Waals surface area contributed by atoms with Crippen molar-refractivity contribution in [2.75, 3.05) is 0 Å². The fraction of sp³-hybridized carbons (Fsp3) is 0.176. The van der Waals surface area contributed by atoms with E-state index in [0.29, 0.717) is 0 Å². The first kappa shape index (κ1) is 11.8. The average molecular weight is 252 g/mol. The summed E-state index contributed by atoms with van der Waals surface area (Å²) in [6.45, 7) is 4.08. The van der Waals surface area contributed by atoms with Gasteiger partial charge in [0.25, 0.3) is 0 Å². The molecular weight excluding hydrogens is 236 g/mol. The predicted octanol–water partition coefficient (Wildman–Crippen LogP) is 4.53. The van der Waals surface area contributed by atoms with E-state index in [9.17, 15) is 10.2 Å². The zero-order valence-electron chi connectivity index (χ0n) is 11.0. The first-order valence-corrected chi connectivity index (χ1v) is 6.46. The predicted molar refractivity (Wildman–Crippen MR) is 78.9 cm³/mol. The normalized spacial score (nSPS) is 11.5. The van der Waals surface area contributed by atoms with Crippen LogP contribution in [0.25, 0.3) is 21.5 Å². The van der Waals surface area contributed by atoms with Crippen molar-refractivity contribution >= 4 is 21.5 Å². The second kappa shape index (κ2) is 4.16. The van der Waals surface area contributed by atoms with Gasteiger partial charge in [-0.15, -0.1) is 0 Å². The Kier molecular flexibility index (Phi) is 2.59. The molecule has 0 atom stereocenters. The molecule has 0 amide bonds. The second-order valence-electron chi connectivity index (χ2n) is 5.19. The van der Waals surface area contributed by atoms with Crippen LogP contribution in [-0.4, -0.2) is 10.2 Å². The molecule has 0 unspecified atom stereocenters. The molecule has 0 saturated heterocycles. The van der Waals surface area contributed by atoms with Gasteiger partial charge in [0.15, 0.2) is 0 Å². The Labute approximate surface area is 111 Å². The van der Waals surface area contributed by atoms with E-state index < -0.39 is 0 Å². The van der Waals surface area contributed by atoms with Crippen molar-refractivity contribution in [2.24, 2.45) is 0 Å². The lowest BCUT2D eigenvalue weighted by Crippen LogP contribution is -1.91. The molecule has 0 radical (unpaired) electrons. The van der Waals surface area contributed by atoms with Gasteiger partial charge in [-0.2, -0.15) is 0 Å². The third-order valence-electron chi connectivity index (χ3n) is 3.61. The summed E-state index contributed by atoms with van der Waals surface area (Å²) >= 11 is 0. The summed E-state index contributed by atoms with van der Waals surface area (Å²) in [5, 5.41) is 24.0. The summed E-state index contributed by atoms with van der Waals surface area (Å²) in [6, 6.07) is 13.2. The molecule has 19 heavy (non-hydrogen) atoms. The highest BCUT2D eigenvalue weighted by Crippen LogP contribution is 2.40. The summed E-state index contributed by atoms with van der Waals surface area (Å²) in [5.74, 6) is 0.774.